The molecule has 2 rings (SSSR count). The zero-order valence-corrected chi connectivity index (χ0v) is 13.9. The average molecular weight is 454 g/mol. The Balaban J connectivity index is 2.23. The smallest absolute Gasteiger partial charge is 0.256 e. The number of carbonyl (C=O) groups excluding carboxylic acids is 1. The van der Waals surface area contributed by atoms with E-state index in [0.29, 0.717) is 24.3 Å². The van der Waals surface area contributed by atoms with Crippen LogP contribution in [0.5, 0.6) is 0 Å². The Morgan fingerprint density at radius 2 is 2.00 bits per heavy atom. The Kier molecular flexibility index (Phi) is 4.81. The maximum absolute atomic E-state index is 13.0. The molecule has 0 aliphatic rings. The SMILES string of the molecule is O=C(Nc1ccc(Cl)c(Br)c1)c1ccc(F)cc1I. The molecule has 0 saturated heterocycles. The van der Waals surface area contributed by atoms with Crippen LogP contribution in [0.2, 0.25) is 5.02 Å². The third-order valence-electron chi connectivity index (χ3n) is 2.35. The average Bonchev–Trinajstić information content (AvgIpc) is 2.33. The summed E-state index contributed by atoms with van der Waals surface area (Å²) < 4.78 is 14.2. The number of benzene rings is 2. The highest BCUT2D eigenvalue weighted by atomic mass is 127. The zero-order chi connectivity index (χ0) is 14.0. The second-order valence-electron chi connectivity index (χ2n) is 3.71. The normalized spacial score (nSPS) is 10.3. The molecule has 1 amide bonds. The lowest BCUT2D eigenvalue weighted by Crippen LogP contribution is -2.13. The molecule has 0 spiro atoms. The largest absolute Gasteiger partial charge is 0.322 e. The van der Waals surface area contributed by atoms with Crippen molar-refractivity contribution in [3.8, 4) is 0 Å². The Hall–Kier alpha value is -0.660. The van der Waals surface area contributed by atoms with E-state index in [1.54, 1.807) is 18.2 Å². The minimum absolute atomic E-state index is 0.293. The number of nitrogens with one attached hydrogen (secondary N) is 1. The second-order valence-corrected chi connectivity index (χ2v) is 6.13. The highest BCUT2D eigenvalue weighted by Crippen LogP contribution is 2.26. The van der Waals surface area contributed by atoms with E-state index in [0.717, 1.165) is 0 Å². The minimum Gasteiger partial charge on any atom is -0.322 e. The van der Waals surface area contributed by atoms with Crippen molar-refractivity contribution in [1.29, 1.82) is 0 Å². The first-order valence-corrected chi connectivity index (χ1v) is 7.44. The topological polar surface area (TPSA) is 29.1 Å². The van der Waals surface area contributed by atoms with Gasteiger partial charge in [-0.3, -0.25) is 4.79 Å². The van der Waals surface area contributed by atoms with E-state index < -0.39 is 0 Å². The van der Waals surface area contributed by atoms with Gasteiger partial charge in [0.2, 0.25) is 0 Å². The Labute approximate surface area is 136 Å². The molecule has 0 bridgehead atoms. The molecule has 0 heterocycles. The van der Waals surface area contributed by atoms with Crippen molar-refractivity contribution >= 4 is 61.7 Å². The predicted octanol–water partition coefficient (Wildman–Crippen LogP) is 5.10. The Morgan fingerprint density at radius 3 is 2.63 bits per heavy atom. The van der Waals surface area contributed by atoms with Gasteiger partial charge in [0.1, 0.15) is 5.82 Å². The third-order valence-corrected chi connectivity index (χ3v) is 4.46. The number of rotatable bonds is 2. The fraction of sp³-hybridized carbons (Fsp3) is 0. The van der Waals surface area contributed by atoms with Gasteiger partial charge in [0.25, 0.3) is 5.91 Å². The van der Waals surface area contributed by atoms with Crippen LogP contribution in [0.4, 0.5) is 10.1 Å². The van der Waals surface area contributed by atoms with Gasteiger partial charge in [-0.25, -0.2) is 4.39 Å². The highest BCUT2D eigenvalue weighted by molar-refractivity contribution is 14.1. The summed E-state index contributed by atoms with van der Waals surface area (Å²) in [5.74, 6) is -0.659. The predicted molar refractivity (Wildman–Crippen MR) is 86.2 cm³/mol. The first kappa shape index (κ1) is 14.7. The molecule has 6 heteroatoms. The van der Waals surface area contributed by atoms with Crippen molar-refractivity contribution < 1.29 is 9.18 Å². The molecule has 0 aliphatic heterocycles. The van der Waals surface area contributed by atoms with Gasteiger partial charge in [-0.15, -0.1) is 0 Å². The number of halogens is 4. The maximum Gasteiger partial charge on any atom is 0.256 e. The van der Waals surface area contributed by atoms with E-state index in [4.69, 9.17) is 11.6 Å². The first-order chi connectivity index (χ1) is 8.97. The summed E-state index contributed by atoms with van der Waals surface area (Å²) in [5.41, 5.74) is 1.04. The first-order valence-electron chi connectivity index (χ1n) is 5.19. The molecule has 98 valence electrons. The van der Waals surface area contributed by atoms with Crippen molar-refractivity contribution in [2.75, 3.05) is 5.32 Å². The van der Waals surface area contributed by atoms with Crippen LogP contribution in [-0.2, 0) is 0 Å². The van der Waals surface area contributed by atoms with Crippen LogP contribution in [0.1, 0.15) is 10.4 Å². The molecule has 1 N–H and O–H groups in total. The Bertz CT molecular complexity index is 651. The van der Waals surface area contributed by atoms with Crippen molar-refractivity contribution in [3.63, 3.8) is 0 Å². The van der Waals surface area contributed by atoms with Crippen molar-refractivity contribution in [1.82, 2.24) is 0 Å². The molecule has 0 aliphatic carbocycles. The monoisotopic (exact) mass is 453 g/mol. The van der Waals surface area contributed by atoms with Gasteiger partial charge >= 0.3 is 0 Å². The minimum atomic E-state index is -0.366. The molecule has 0 saturated carbocycles. The third kappa shape index (κ3) is 3.67. The molecular weight excluding hydrogens is 447 g/mol. The van der Waals surface area contributed by atoms with Gasteiger partial charge < -0.3 is 5.32 Å². The molecule has 19 heavy (non-hydrogen) atoms. The lowest BCUT2D eigenvalue weighted by Gasteiger charge is -2.08. The Morgan fingerprint density at radius 1 is 1.26 bits per heavy atom. The molecule has 0 atom stereocenters. The van der Waals surface area contributed by atoms with E-state index in [-0.39, 0.29) is 11.7 Å². The van der Waals surface area contributed by atoms with Gasteiger partial charge in [-0.2, -0.15) is 0 Å². The van der Waals surface area contributed by atoms with Gasteiger partial charge in [0.15, 0.2) is 0 Å². The van der Waals surface area contributed by atoms with Crippen LogP contribution in [0.3, 0.4) is 0 Å². The van der Waals surface area contributed by atoms with Crippen molar-refractivity contribution in [2.24, 2.45) is 0 Å². The summed E-state index contributed by atoms with van der Waals surface area (Å²) in [6, 6.07) is 9.11. The van der Waals surface area contributed by atoms with Crippen LogP contribution in [-0.4, -0.2) is 5.91 Å². The molecule has 2 aromatic rings. The number of amides is 1. The quantitative estimate of drug-likeness (QED) is 0.629. The van der Waals surface area contributed by atoms with Gasteiger partial charge in [-0.05, 0) is 74.9 Å². The number of hydrogen-bond donors (Lipinski definition) is 1. The van der Waals surface area contributed by atoms with Gasteiger partial charge in [0.05, 0.1) is 10.6 Å². The maximum atomic E-state index is 13.0. The number of hydrogen-bond acceptors (Lipinski definition) is 1. The van der Waals surface area contributed by atoms with Crippen LogP contribution >= 0.6 is 50.1 Å². The molecule has 0 radical (unpaired) electrons. The highest BCUT2D eigenvalue weighted by Gasteiger charge is 2.11. The van der Waals surface area contributed by atoms with Gasteiger partial charge in [-0.1, -0.05) is 11.6 Å². The fourth-order valence-electron chi connectivity index (χ4n) is 1.45. The van der Waals surface area contributed by atoms with Crippen LogP contribution in [0.15, 0.2) is 40.9 Å². The van der Waals surface area contributed by atoms with E-state index in [1.807, 2.05) is 22.6 Å². The summed E-state index contributed by atoms with van der Waals surface area (Å²) in [4.78, 5) is 12.1. The summed E-state index contributed by atoms with van der Waals surface area (Å²) in [5, 5.41) is 3.30. The molecule has 0 fully saturated rings. The molecule has 0 unspecified atom stereocenters. The standard InChI is InChI=1S/C13H7BrClFINO/c14-10-6-8(2-4-11(10)15)18-13(19)9-3-1-7(16)5-12(9)17/h1-6H,(H,18,19). The van der Waals surface area contributed by atoms with Crippen LogP contribution in [0, 0.1) is 9.39 Å². The lowest BCUT2D eigenvalue weighted by atomic mass is 10.2. The van der Waals surface area contributed by atoms with Crippen LogP contribution < -0.4 is 5.32 Å². The van der Waals surface area contributed by atoms with Gasteiger partial charge in [0, 0.05) is 13.7 Å². The van der Waals surface area contributed by atoms with E-state index >= 15 is 0 Å². The van der Waals surface area contributed by atoms with Crippen molar-refractivity contribution in [2.45, 2.75) is 0 Å². The van der Waals surface area contributed by atoms with E-state index in [9.17, 15) is 9.18 Å². The lowest BCUT2D eigenvalue weighted by molar-refractivity contribution is 0.102. The summed E-state index contributed by atoms with van der Waals surface area (Å²) in [6.45, 7) is 0. The zero-order valence-electron chi connectivity index (χ0n) is 9.38. The molecule has 0 aromatic heterocycles. The summed E-state index contributed by atoms with van der Waals surface area (Å²) in [6.07, 6.45) is 0. The molecule has 2 nitrogen and oxygen atoms in total. The second kappa shape index (κ2) is 6.19. The van der Waals surface area contributed by atoms with E-state index in [1.165, 1.54) is 18.2 Å². The number of anilines is 1. The summed E-state index contributed by atoms with van der Waals surface area (Å²) >= 11 is 11.1. The fourth-order valence-corrected chi connectivity index (χ4v) is 2.66. The van der Waals surface area contributed by atoms with Crippen molar-refractivity contribution in [3.05, 3.63) is 60.8 Å². The van der Waals surface area contributed by atoms with E-state index in [2.05, 4.69) is 21.2 Å². The molecule has 2 aromatic carbocycles. The number of carbonyl (C=O) groups is 1. The summed E-state index contributed by atoms with van der Waals surface area (Å²) in [7, 11) is 0. The van der Waals surface area contributed by atoms with Crippen LogP contribution in [0.25, 0.3) is 0 Å². The molecular formula is C13H7BrClFINO.